The molecule has 0 aromatic heterocycles. The van der Waals surface area contributed by atoms with Crippen LogP contribution in [0.2, 0.25) is 0 Å². The number of aromatic hydroxyl groups is 1. The molecule has 1 aromatic rings. The summed E-state index contributed by atoms with van der Waals surface area (Å²) in [6.07, 6.45) is 8.83. The first-order valence-corrected chi connectivity index (χ1v) is 6.44. The van der Waals surface area contributed by atoms with Crippen LogP contribution in [0.5, 0.6) is 11.5 Å². The fourth-order valence-electron chi connectivity index (χ4n) is 1.43. The number of phenols is 1. The molecule has 0 aliphatic rings. The minimum absolute atomic E-state index is 0.0129. The van der Waals surface area contributed by atoms with Gasteiger partial charge in [-0.3, -0.25) is 4.79 Å². The van der Waals surface area contributed by atoms with Gasteiger partial charge in [-0.2, -0.15) is 0 Å². The lowest BCUT2D eigenvalue weighted by Gasteiger charge is -2.08. The van der Waals surface area contributed by atoms with E-state index in [4.69, 9.17) is 4.74 Å². The van der Waals surface area contributed by atoms with Crippen LogP contribution >= 0.6 is 0 Å². The van der Waals surface area contributed by atoms with Crippen molar-refractivity contribution < 1.29 is 14.6 Å². The molecular formula is C16H20O3. The van der Waals surface area contributed by atoms with Crippen molar-refractivity contribution >= 4 is 11.9 Å². The minimum atomic E-state index is 0.0129. The third-order valence-electron chi connectivity index (χ3n) is 2.47. The minimum Gasteiger partial charge on any atom is -0.504 e. The van der Waals surface area contributed by atoms with Crippen molar-refractivity contribution in [1.82, 2.24) is 0 Å². The maximum atomic E-state index is 10.7. The standard InChI is InChI=1S/C16H20O3/c1-3-4-11-19-16-12-14(9-10-15(16)18)8-6-5-7-13(2)17/h5-10,12,18H,3-4,11H2,1-2H3. The molecule has 19 heavy (non-hydrogen) atoms. The smallest absolute Gasteiger partial charge is 0.161 e. The summed E-state index contributed by atoms with van der Waals surface area (Å²) >= 11 is 0. The molecule has 0 radical (unpaired) electrons. The summed E-state index contributed by atoms with van der Waals surface area (Å²) in [5.41, 5.74) is 0.914. The van der Waals surface area contributed by atoms with Crippen LogP contribution in [0.1, 0.15) is 32.3 Å². The molecule has 0 spiro atoms. The average molecular weight is 260 g/mol. The largest absolute Gasteiger partial charge is 0.504 e. The fourth-order valence-corrected chi connectivity index (χ4v) is 1.43. The topological polar surface area (TPSA) is 46.5 Å². The zero-order valence-corrected chi connectivity index (χ0v) is 11.4. The lowest BCUT2D eigenvalue weighted by atomic mass is 10.2. The number of hydrogen-bond donors (Lipinski definition) is 1. The van der Waals surface area contributed by atoms with Crippen molar-refractivity contribution in [2.75, 3.05) is 6.61 Å². The number of allylic oxidation sites excluding steroid dienone is 3. The number of benzene rings is 1. The van der Waals surface area contributed by atoms with Crippen LogP contribution in [0.15, 0.2) is 36.4 Å². The summed E-state index contributed by atoms with van der Waals surface area (Å²) in [5, 5.41) is 9.67. The molecule has 0 bridgehead atoms. The zero-order valence-electron chi connectivity index (χ0n) is 11.4. The quantitative estimate of drug-likeness (QED) is 0.461. The van der Waals surface area contributed by atoms with Crippen molar-refractivity contribution in [3.05, 3.63) is 42.0 Å². The van der Waals surface area contributed by atoms with Crippen molar-refractivity contribution in [3.8, 4) is 11.5 Å². The van der Waals surface area contributed by atoms with Crippen molar-refractivity contribution in [2.24, 2.45) is 0 Å². The summed E-state index contributed by atoms with van der Waals surface area (Å²) in [4.78, 5) is 10.7. The summed E-state index contributed by atoms with van der Waals surface area (Å²) in [7, 11) is 0. The Morgan fingerprint density at radius 2 is 2.16 bits per heavy atom. The molecule has 0 heterocycles. The zero-order chi connectivity index (χ0) is 14.1. The van der Waals surface area contributed by atoms with Crippen LogP contribution in [0.25, 0.3) is 6.08 Å². The van der Waals surface area contributed by atoms with Gasteiger partial charge in [0.1, 0.15) is 0 Å². The van der Waals surface area contributed by atoms with Gasteiger partial charge in [0, 0.05) is 0 Å². The first-order valence-electron chi connectivity index (χ1n) is 6.44. The molecule has 0 fully saturated rings. The molecule has 0 unspecified atom stereocenters. The maximum Gasteiger partial charge on any atom is 0.161 e. The summed E-state index contributed by atoms with van der Waals surface area (Å²) < 4.78 is 5.51. The van der Waals surface area contributed by atoms with Gasteiger partial charge in [-0.15, -0.1) is 0 Å². The summed E-state index contributed by atoms with van der Waals surface area (Å²) in [6.45, 7) is 4.19. The normalized spacial score (nSPS) is 11.3. The van der Waals surface area contributed by atoms with Gasteiger partial charge < -0.3 is 9.84 Å². The number of hydrogen-bond acceptors (Lipinski definition) is 3. The third-order valence-corrected chi connectivity index (χ3v) is 2.47. The van der Waals surface area contributed by atoms with E-state index in [1.54, 1.807) is 30.4 Å². The van der Waals surface area contributed by atoms with Crippen LogP contribution in [0.3, 0.4) is 0 Å². The van der Waals surface area contributed by atoms with Crippen molar-refractivity contribution in [2.45, 2.75) is 26.7 Å². The second-order valence-electron chi connectivity index (χ2n) is 4.26. The molecule has 102 valence electrons. The first kappa shape index (κ1) is 15.0. The Morgan fingerprint density at radius 1 is 1.37 bits per heavy atom. The predicted molar refractivity (Wildman–Crippen MR) is 77.4 cm³/mol. The molecule has 0 atom stereocenters. The van der Waals surface area contributed by atoms with Gasteiger partial charge in [0.05, 0.1) is 6.61 Å². The lowest BCUT2D eigenvalue weighted by molar-refractivity contribution is -0.112. The van der Waals surface area contributed by atoms with Crippen molar-refractivity contribution in [3.63, 3.8) is 0 Å². The maximum absolute atomic E-state index is 10.7. The highest BCUT2D eigenvalue weighted by atomic mass is 16.5. The van der Waals surface area contributed by atoms with Gasteiger partial charge in [0.2, 0.25) is 0 Å². The van der Waals surface area contributed by atoms with E-state index in [0.29, 0.717) is 12.4 Å². The third kappa shape index (κ3) is 5.91. The van der Waals surface area contributed by atoms with E-state index in [-0.39, 0.29) is 11.5 Å². The number of ether oxygens (including phenoxy) is 1. The highest BCUT2D eigenvalue weighted by Gasteiger charge is 2.02. The van der Waals surface area contributed by atoms with Gasteiger partial charge >= 0.3 is 0 Å². The first-order chi connectivity index (χ1) is 9.13. The Labute approximate surface area is 114 Å². The number of ketones is 1. The van der Waals surface area contributed by atoms with Crippen LogP contribution in [-0.4, -0.2) is 17.5 Å². The molecule has 0 saturated carbocycles. The Morgan fingerprint density at radius 3 is 2.84 bits per heavy atom. The molecule has 1 aromatic carbocycles. The fraction of sp³-hybridized carbons (Fsp3) is 0.312. The van der Waals surface area contributed by atoms with E-state index in [1.807, 2.05) is 6.08 Å². The average Bonchev–Trinajstić information content (AvgIpc) is 2.38. The number of phenolic OH excluding ortho intramolecular Hbond substituents is 1. The predicted octanol–water partition coefficient (Wildman–Crippen LogP) is 3.73. The highest BCUT2D eigenvalue weighted by molar-refractivity contribution is 5.87. The Bertz CT molecular complexity index is 473. The van der Waals surface area contributed by atoms with E-state index in [0.717, 1.165) is 18.4 Å². The monoisotopic (exact) mass is 260 g/mol. The van der Waals surface area contributed by atoms with E-state index < -0.39 is 0 Å². The molecule has 0 aliphatic carbocycles. The second-order valence-corrected chi connectivity index (χ2v) is 4.26. The number of carbonyl (C=O) groups excluding carboxylic acids is 1. The Hall–Kier alpha value is -2.03. The number of rotatable bonds is 7. The van der Waals surface area contributed by atoms with Crippen LogP contribution in [0, 0.1) is 0 Å². The number of unbranched alkanes of at least 4 members (excludes halogenated alkanes) is 1. The molecule has 3 nitrogen and oxygen atoms in total. The molecule has 0 amide bonds. The summed E-state index contributed by atoms with van der Waals surface area (Å²) in [6, 6.07) is 5.18. The lowest BCUT2D eigenvalue weighted by Crippen LogP contribution is -1.96. The van der Waals surface area contributed by atoms with E-state index in [1.165, 1.54) is 13.0 Å². The van der Waals surface area contributed by atoms with Crippen molar-refractivity contribution in [1.29, 1.82) is 0 Å². The van der Waals surface area contributed by atoms with E-state index in [2.05, 4.69) is 6.92 Å². The highest BCUT2D eigenvalue weighted by Crippen LogP contribution is 2.27. The van der Waals surface area contributed by atoms with Crippen LogP contribution in [-0.2, 0) is 4.79 Å². The molecule has 1 N–H and O–H groups in total. The molecule has 0 aliphatic heterocycles. The van der Waals surface area contributed by atoms with Gasteiger partial charge in [-0.05, 0) is 37.1 Å². The van der Waals surface area contributed by atoms with E-state index in [9.17, 15) is 9.90 Å². The van der Waals surface area contributed by atoms with Crippen LogP contribution < -0.4 is 4.74 Å². The van der Waals surface area contributed by atoms with Gasteiger partial charge in [-0.1, -0.05) is 37.6 Å². The van der Waals surface area contributed by atoms with E-state index >= 15 is 0 Å². The molecular weight excluding hydrogens is 240 g/mol. The molecule has 3 heteroatoms. The SMILES string of the molecule is CCCCOc1cc(C=CC=CC(C)=O)ccc1O. The second kappa shape index (κ2) is 8.14. The van der Waals surface area contributed by atoms with Crippen LogP contribution in [0.4, 0.5) is 0 Å². The van der Waals surface area contributed by atoms with Gasteiger partial charge in [0.15, 0.2) is 17.3 Å². The molecule has 1 rings (SSSR count). The Kier molecular flexibility index (Phi) is 6.44. The van der Waals surface area contributed by atoms with Gasteiger partial charge in [-0.25, -0.2) is 0 Å². The molecule has 0 saturated heterocycles. The van der Waals surface area contributed by atoms with Gasteiger partial charge in [0.25, 0.3) is 0 Å². The Balaban J connectivity index is 2.69. The number of carbonyl (C=O) groups is 1. The summed E-state index contributed by atoms with van der Waals surface area (Å²) in [5.74, 6) is 0.651.